The second-order valence-electron chi connectivity index (χ2n) is 12.1. The number of allylic oxidation sites excluding steroid dienone is 5. The zero-order chi connectivity index (χ0) is 33.9. The molecule has 5 heterocycles. The molecule has 8 rings (SSSR count). The number of H-pyrrole nitrogens is 2. The van der Waals surface area contributed by atoms with Gasteiger partial charge in [0.25, 0.3) is 0 Å². The molecule has 2 aliphatic heterocycles. The van der Waals surface area contributed by atoms with Crippen molar-refractivity contribution in [1.29, 1.82) is 5.41 Å². The van der Waals surface area contributed by atoms with E-state index in [0.29, 0.717) is 0 Å². The molecule has 0 spiro atoms. The van der Waals surface area contributed by atoms with Gasteiger partial charge in [0.1, 0.15) is 0 Å². The fraction of sp³-hybridized carbons (Fsp3) is 0.0222. The Hall–Kier alpha value is -6.81. The van der Waals surface area contributed by atoms with E-state index in [2.05, 4.69) is 144 Å². The first-order valence-corrected chi connectivity index (χ1v) is 16.6. The number of nitrogens with one attached hydrogen (secondary N) is 3. The minimum absolute atomic E-state index is 0.858. The van der Waals surface area contributed by atoms with Gasteiger partial charge in [-0.2, -0.15) is 0 Å². The zero-order valence-electron chi connectivity index (χ0n) is 27.5. The lowest BCUT2D eigenvalue weighted by atomic mass is 10.0. The van der Waals surface area contributed by atoms with Crippen LogP contribution in [0, 0.1) is 5.41 Å². The van der Waals surface area contributed by atoms with E-state index >= 15 is 0 Å². The normalized spacial score (nSPS) is 12.4. The van der Waals surface area contributed by atoms with Crippen LogP contribution in [0.3, 0.4) is 0 Å². The molecular weight excluding hydrogens is 611 g/mol. The summed E-state index contributed by atoms with van der Waals surface area (Å²) in [6, 6.07) is 39.8. The Morgan fingerprint density at radius 1 is 0.520 bits per heavy atom. The third kappa shape index (κ3) is 5.79. The molecule has 2 aliphatic rings. The number of rotatable bonds is 6. The fourth-order valence-electron chi connectivity index (χ4n) is 6.73. The average molecular weight is 644 g/mol. The predicted octanol–water partition coefficient (Wildman–Crippen LogP) is 11.4. The Kier molecular flexibility index (Phi) is 8.16. The van der Waals surface area contributed by atoms with Crippen LogP contribution in [0.1, 0.15) is 35.3 Å². The van der Waals surface area contributed by atoms with Crippen LogP contribution in [0.15, 0.2) is 140 Å². The molecule has 0 unspecified atom stereocenters. The Balaban J connectivity index is 1.56. The van der Waals surface area contributed by atoms with Crippen LogP contribution in [0.2, 0.25) is 0 Å². The van der Waals surface area contributed by atoms with Gasteiger partial charge in [0.15, 0.2) is 0 Å². The van der Waals surface area contributed by atoms with Gasteiger partial charge in [-0.25, -0.2) is 9.97 Å². The number of aromatic nitrogens is 4. The van der Waals surface area contributed by atoms with Gasteiger partial charge in [0, 0.05) is 44.3 Å². The third-order valence-corrected chi connectivity index (χ3v) is 8.97. The van der Waals surface area contributed by atoms with Crippen molar-refractivity contribution >= 4 is 57.8 Å². The summed E-state index contributed by atoms with van der Waals surface area (Å²) in [4.78, 5) is 18.2. The van der Waals surface area contributed by atoms with Gasteiger partial charge < -0.3 is 9.97 Å². The fourth-order valence-corrected chi connectivity index (χ4v) is 6.73. The minimum atomic E-state index is 0.858. The van der Waals surface area contributed by atoms with Crippen LogP contribution in [-0.4, -0.2) is 25.8 Å². The van der Waals surface area contributed by atoms with Crippen molar-refractivity contribution in [3.8, 4) is 33.4 Å². The molecule has 0 atom stereocenters. The van der Waals surface area contributed by atoms with Crippen molar-refractivity contribution in [1.82, 2.24) is 19.9 Å². The Morgan fingerprint density at radius 2 is 0.920 bits per heavy atom. The second kappa shape index (κ2) is 13.4. The molecule has 6 aromatic rings. The van der Waals surface area contributed by atoms with Gasteiger partial charge in [-0.15, -0.1) is 0 Å². The monoisotopic (exact) mass is 643 g/mol. The van der Waals surface area contributed by atoms with Gasteiger partial charge in [-0.1, -0.05) is 109 Å². The van der Waals surface area contributed by atoms with Crippen LogP contribution >= 0.6 is 0 Å². The molecule has 0 aliphatic carbocycles. The molecule has 3 N–H and O–H groups in total. The van der Waals surface area contributed by atoms with E-state index < -0.39 is 0 Å². The number of hydrogen-bond donors (Lipinski definition) is 3. The molecule has 0 radical (unpaired) electrons. The largest absolute Gasteiger partial charge is 0.354 e. The topological polar surface area (TPSA) is 81.2 Å². The summed E-state index contributed by atoms with van der Waals surface area (Å²) in [6.45, 7) is 2.09. The second-order valence-corrected chi connectivity index (χ2v) is 12.1. The van der Waals surface area contributed by atoms with Crippen LogP contribution in [0.5, 0.6) is 0 Å². The Morgan fingerprint density at radius 3 is 1.38 bits per heavy atom. The summed E-state index contributed by atoms with van der Waals surface area (Å²) in [6.07, 6.45) is 15.8. The van der Waals surface area contributed by atoms with E-state index in [0.717, 1.165) is 89.4 Å². The van der Waals surface area contributed by atoms with Crippen molar-refractivity contribution in [3.05, 3.63) is 168 Å². The first kappa shape index (κ1) is 30.5. The highest BCUT2D eigenvalue weighted by molar-refractivity contribution is 5.99. The maximum absolute atomic E-state index is 7.25. The van der Waals surface area contributed by atoms with Gasteiger partial charge in [0.05, 0.1) is 22.8 Å². The first-order chi connectivity index (χ1) is 24.7. The van der Waals surface area contributed by atoms with Gasteiger partial charge in [-0.3, -0.25) is 5.41 Å². The molecule has 3 aromatic carbocycles. The number of nitrogens with zero attached hydrogens (tertiary/aromatic N) is 2. The van der Waals surface area contributed by atoms with Crippen molar-refractivity contribution in [2.24, 2.45) is 0 Å². The smallest absolute Gasteiger partial charge is 0.0737 e. The third-order valence-electron chi connectivity index (χ3n) is 8.97. The molecule has 238 valence electrons. The lowest BCUT2D eigenvalue weighted by Gasteiger charge is -2.07. The van der Waals surface area contributed by atoms with Gasteiger partial charge >= 0.3 is 0 Å². The molecular formula is C45H33N5. The van der Waals surface area contributed by atoms with Crippen LogP contribution in [0.4, 0.5) is 0 Å². The van der Waals surface area contributed by atoms with E-state index in [4.69, 9.17) is 15.4 Å². The van der Waals surface area contributed by atoms with E-state index in [1.54, 1.807) is 12.2 Å². The van der Waals surface area contributed by atoms with Gasteiger partial charge in [0.2, 0.25) is 0 Å². The molecule has 0 amide bonds. The highest BCUT2D eigenvalue weighted by Crippen LogP contribution is 2.37. The predicted molar refractivity (Wildman–Crippen MR) is 210 cm³/mol. The van der Waals surface area contributed by atoms with Crippen molar-refractivity contribution < 1.29 is 0 Å². The van der Waals surface area contributed by atoms with Crippen molar-refractivity contribution in [2.45, 2.75) is 6.92 Å². The van der Waals surface area contributed by atoms with E-state index in [1.165, 1.54) is 0 Å². The Labute approximate surface area is 290 Å². The lowest BCUT2D eigenvalue weighted by Crippen LogP contribution is -1.90. The molecule has 0 saturated heterocycles. The van der Waals surface area contributed by atoms with Crippen LogP contribution in [0.25, 0.3) is 85.3 Å². The maximum Gasteiger partial charge on any atom is 0.0737 e. The van der Waals surface area contributed by atoms with E-state index in [9.17, 15) is 0 Å². The van der Waals surface area contributed by atoms with Gasteiger partial charge in [-0.05, 0) is 89.7 Å². The summed E-state index contributed by atoms with van der Waals surface area (Å²) >= 11 is 0. The van der Waals surface area contributed by atoms with Crippen molar-refractivity contribution in [3.63, 3.8) is 0 Å². The van der Waals surface area contributed by atoms with Crippen molar-refractivity contribution in [2.75, 3.05) is 0 Å². The van der Waals surface area contributed by atoms with E-state index in [1.807, 2.05) is 30.4 Å². The number of benzene rings is 3. The first-order valence-electron chi connectivity index (χ1n) is 16.6. The quantitative estimate of drug-likeness (QED) is 0.124. The molecule has 50 heavy (non-hydrogen) atoms. The summed E-state index contributed by atoms with van der Waals surface area (Å²) in [5, 5.41) is 7.25. The SMILES string of the molecule is C/C(=C\C=C/C=C=N)c1c2nc(c(-c3ccccc3)c3ccc([nH]3)c(-c3ccccc3)c3nc(c(-c4ccccc4)c4ccc1[nH]4)C=C3)C=C2. The molecule has 0 fully saturated rings. The minimum Gasteiger partial charge on any atom is -0.354 e. The standard InChI is InChI=1S/C45H33N5/c1-30(14-6-5-13-29-46)42-34-21-23-36(47-34)43(31-15-7-2-8-16-31)38-25-27-40(49-38)45(33-19-11-4-12-20-33)41-28-26-39(50-41)44(32-17-9-3-10-18-32)37-24-22-35(42)48-37/h2-28,46-47,50H,1H3/b6-5-,30-14+,42-34?,42-35?,43-36?,43-38?,44-37?,44-39?,45-40?,45-41?. The highest BCUT2D eigenvalue weighted by atomic mass is 14.8. The molecule has 5 nitrogen and oxygen atoms in total. The number of fused-ring (bicyclic) bond motifs is 8. The maximum atomic E-state index is 7.25. The molecule has 5 heteroatoms. The molecule has 8 bridgehead atoms. The highest BCUT2D eigenvalue weighted by Gasteiger charge is 2.18. The van der Waals surface area contributed by atoms with Crippen LogP contribution < -0.4 is 0 Å². The van der Waals surface area contributed by atoms with E-state index in [-0.39, 0.29) is 0 Å². The Bertz CT molecular complexity index is 2540. The molecule has 3 aromatic heterocycles. The zero-order valence-corrected chi connectivity index (χ0v) is 27.5. The summed E-state index contributed by atoms with van der Waals surface area (Å²) in [5.41, 5.74) is 15.6. The molecule has 0 saturated carbocycles. The summed E-state index contributed by atoms with van der Waals surface area (Å²) in [5.74, 6) is 2.31. The van der Waals surface area contributed by atoms with Crippen LogP contribution in [-0.2, 0) is 0 Å². The lowest BCUT2D eigenvalue weighted by molar-refractivity contribution is 1.30. The number of aromatic amines is 2. The number of hydrogen-bond acceptors (Lipinski definition) is 3. The average Bonchev–Trinajstić information content (AvgIpc) is 3.99. The summed E-state index contributed by atoms with van der Waals surface area (Å²) < 4.78 is 0. The summed E-state index contributed by atoms with van der Waals surface area (Å²) in [7, 11) is 0.